The van der Waals surface area contributed by atoms with Crippen LogP contribution < -0.4 is 4.73 Å². The summed E-state index contributed by atoms with van der Waals surface area (Å²) < 4.78 is 0.918. The fourth-order valence-electron chi connectivity index (χ4n) is 1.31. The molecule has 2 rings (SSSR count). The van der Waals surface area contributed by atoms with Crippen molar-refractivity contribution >= 4 is 11.3 Å². The van der Waals surface area contributed by atoms with Gasteiger partial charge in [0.2, 0.25) is 5.69 Å². The van der Waals surface area contributed by atoms with Crippen LogP contribution >= 0.6 is 11.3 Å². The Morgan fingerprint density at radius 3 is 2.77 bits per heavy atom. The van der Waals surface area contributed by atoms with Crippen LogP contribution in [-0.4, -0.2) is 0 Å². The van der Waals surface area contributed by atoms with E-state index in [1.54, 1.807) is 17.4 Å². The van der Waals surface area contributed by atoms with Gasteiger partial charge in [0.15, 0.2) is 6.20 Å². The summed E-state index contributed by atoms with van der Waals surface area (Å²) in [5.74, 6) is 0. The minimum atomic E-state index is 0.762. The molecule has 0 amide bonds. The van der Waals surface area contributed by atoms with E-state index in [9.17, 15) is 5.21 Å². The second kappa shape index (κ2) is 3.18. The maximum absolute atomic E-state index is 11.5. The number of thiophene rings is 1. The molecule has 0 radical (unpaired) electrons. The zero-order valence-corrected chi connectivity index (χ0v) is 8.04. The third kappa shape index (κ3) is 1.42. The number of aromatic nitrogens is 1. The van der Waals surface area contributed by atoms with Crippen molar-refractivity contribution in [3.05, 3.63) is 46.6 Å². The van der Waals surface area contributed by atoms with Crippen LogP contribution in [-0.2, 0) is 0 Å². The Kier molecular flexibility index (Phi) is 2.02. The predicted molar refractivity (Wildman–Crippen MR) is 53.5 cm³/mol. The van der Waals surface area contributed by atoms with Crippen LogP contribution in [0.4, 0.5) is 0 Å². The van der Waals surface area contributed by atoms with Gasteiger partial charge in [-0.3, -0.25) is 0 Å². The third-order valence-corrected chi connectivity index (χ3v) is 2.79. The summed E-state index contributed by atoms with van der Waals surface area (Å²) in [6.45, 7) is 1.95. The van der Waals surface area contributed by atoms with Crippen LogP contribution in [0.1, 0.15) is 5.56 Å². The lowest BCUT2D eigenvalue weighted by molar-refractivity contribution is -0.593. The molecule has 0 aliphatic heterocycles. The Morgan fingerprint density at radius 1 is 1.31 bits per heavy atom. The van der Waals surface area contributed by atoms with Crippen LogP contribution in [0, 0.1) is 12.1 Å². The van der Waals surface area contributed by atoms with Crippen molar-refractivity contribution in [1.29, 1.82) is 0 Å². The highest BCUT2D eigenvalue weighted by Gasteiger charge is 2.11. The molecule has 2 aromatic heterocycles. The lowest BCUT2D eigenvalue weighted by Gasteiger charge is -2.03. The number of pyridine rings is 1. The van der Waals surface area contributed by atoms with Gasteiger partial charge in [-0.05, 0) is 24.4 Å². The Hall–Kier alpha value is -1.35. The van der Waals surface area contributed by atoms with Gasteiger partial charge in [-0.15, -0.1) is 11.3 Å². The molecule has 0 saturated carbocycles. The summed E-state index contributed by atoms with van der Waals surface area (Å²) in [4.78, 5) is 1.02. The smallest absolute Gasteiger partial charge is 0.236 e. The van der Waals surface area contributed by atoms with E-state index in [1.807, 2.05) is 30.5 Å². The Labute approximate surface area is 80.7 Å². The van der Waals surface area contributed by atoms with Gasteiger partial charge in [0.1, 0.15) is 4.88 Å². The van der Waals surface area contributed by atoms with E-state index in [1.165, 1.54) is 6.20 Å². The highest BCUT2D eigenvalue weighted by molar-refractivity contribution is 7.13. The van der Waals surface area contributed by atoms with Crippen molar-refractivity contribution in [2.24, 2.45) is 0 Å². The van der Waals surface area contributed by atoms with Crippen molar-refractivity contribution < 1.29 is 4.73 Å². The number of hydrogen-bond acceptors (Lipinski definition) is 2. The zero-order valence-electron chi connectivity index (χ0n) is 7.23. The number of hydrogen-bond donors (Lipinski definition) is 0. The summed E-state index contributed by atoms with van der Waals surface area (Å²) in [5, 5.41) is 13.4. The first-order valence-electron chi connectivity index (χ1n) is 4.01. The first kappa shape index (κ1) is 8.26. The lowest BCUT2D eigenvalue weighted by atomic mass is 10.2. The van der Waals surface area contributed by atoms with Crippen LogP contribution in [0.3, 0.4) is 0 Å². The molecular formula is C10H9NOS. The van der Waals surface area contributed by atoms with E-state index in [-0.39, 0.29) is 0 Å². The molecule has 2 nitrogen and oxygen atoms in total. The van der Waals surface area contributed by atoms with E-state index >= 15 is 0 Å². The monoisotopic (exact) mass is 191 g/mol. The summed E-state index contributed by atoms with van der Waals surface area (Å²) in [5.41, 5.74) is 1.78. The molecule has 0 aliphatic rings. The van der Waals surface area contributed by atoms with Crippen molar-refractivity contribution in [3.8, 4) is 10.6 Å². The quantitative estimate of drug-likeness (QED) is 0.502. The molecule has 0 aliphatic carbocycles. The van der Waals surface area contributed by atoms with E-state index < -0.39 is 0 Å². The molecular weight excluding hydrogens is 182 g/mol. The molecule has 0 atom stereocenters. The predicted octanol–water partition coefficient (Wildman–Crippen LogP) is 2.36. The van der Waals surface area contributed by atoms with E-state index in [2.05, 4.69) is 0 Å². The normalized spacial score (nSPS) is 10.2. The maximum Gasteiger partial charge on any atom is 0.236 e. The molecule has 2 heterocycles. The van der Waals surface area contributed by atoms with E-state index in [0.717, 1.165) is 20.9 Å². The fourth-order valence-corrected chi connectivity index (χ4v) is 2.13. The van der Waals surface area contributed by atoms with Crippen LogP contribution in [0.2, 0.25) is 0 Å². The molecule has 13 heavy (non-hydrogen) atoms. The molecule has 0 N–H and O–H groups in total. The van der Waals surface area contributed by atoms with Gasteiger partial charge in [0.05, 0.1) is 0 Å². The van der Waals surface area contributed by atoms with Gasteiger partial charge in [-0.25, -0.2) is 0 Å². The molecule has 0 spiro atoms. The minimum Gasteiger partial charge on any atom is -0.618 e. The fraction of sp³-hybridized carbons (Fsp3) is 0.100. The van der Waals surface area contributed by atoms with Crippen molar-refractivity contribution in [1.82, 2.24) is 0 Å². The van der Waals surface area contributed by atoms with Gasteiger partial charge < -0.3 is 5.21 Å². The third-order valence-electron chi connectivity index (χ3n) is 1.92. The van der Waals surface area contributed by atoms with Crippen molar-refractivity contribution in [3.63, 3.8) is 0 Å². The standard InChI is InChI=1S/C10H9NOS/c1-8-4-2-6-11(12)10(8)9-5-3-7-13-9/h2-7H,1H3. The maximum atomic E-state index is 11.5. The van der Waals surface area contributed by atoms with E-state index in [4.69, 9.17) is 0 Å². The second-order valence-corrected chi connectivity index (χ2v) is 3.79. The average Bonchev–Trinajstić information content (AvgIpc) is 2.57. The van der Waals surface area contributed by atoms with Crippen LogP contribution in [0.5, 0.6) is 0 Å². The van der Waals surface area contributed by atoms with Crippen molar-refractivity contribution in [2.45, 2.75) is 6.92 Å². The topological polar surface area (TPSA) is 26.9 Å². The molecule has 0 unspecified atom stereocenters. The second-order valence-electron chi connectivity index (χ2n) is 2.84. The summed E-state index contributed by atoms with van der Waals surface area (Å²) in [7, 11) is 0. The zero-order chi connectivity index (χ0) is 9.26. The van der Waals surface area contributed by atoms with Crippen molar-refractivity contribution in [2.75, 3.05) is 0 Å². The van der Waals surface area contributed by atoms with Crippen LogP contribution in [0.25, 0.3) is 10.6 Å². The molecule has 3 heteroatoms. The van der Waals surface area contributed by atoms with Gasteiger partial charge in [0.25, 0.3) is 0 Å². The SMILES string of the molecule is Cc1ccc[n+]([O-])c1-c1cccs1. The molecule has 0 bridgehead atoms. The molecule has 0 aromatic carbocycles. The summed E-state index contributed by atoms with van der Waals surface area (Å²) in [6, 6.07) is 7.62. The molecule has 66 valence electrons. The lowest BCUT2D eigenvalue weighted by Crippen LogP contribution is -2.28. The van der Waals surface area contributed by atoms with Crippen LogP contribution in [0.15, 0.2) is 35.8 Å². The Morgan fingerprint density at radius 2 is 2.15 bits per heavy atom. The van der Waals surface area contributed by atoms with Gasteiger partial charge in [0, 0.05) is 11.6 Å². The van der Waals surface area contributed by atoms with Gasteiger partial charge >= 0.3 is 0 Å². The molecule has 0 fully saturated rings. The molecule has 0 saturated heterocycles. The summed E-state index contributed by atoms with van der Waals surface area (Å²) in [6.07, 6.45) is 1.53. The number of nitrogens with zero attached hydrogens (tertiary/aromatic N) is 1. The minimum absolute atomic E-state index is 0.762. The van der Waals surface area contributed by atoms with Gasteiger partial charge in [-0.1, -0.05) is 6.07 Å². The summed E-state index contributed by atoms with van der Waals surface area (Å²) >= 11 is 1.58. The largest absolute Gasteiger partial charge is 0.618 e. The first-order chi connectivity index (χ1) is 6.29. The molecule has 2 aromatic rings. The highest BCUT2D eigenvalue weighted by Crippen LogP contribution is 2.23. The number of aryl methyl sites for hydroxylation is 1. The van der Waals surface area contributed by atoms with Gasteiger partial charge in [-0.2, -0.15) is 4.73 Å². The average molecular weight is 191 g/mol. The Balaban J connectivity index is 2.64. The Bertz CT molecular complexity index is 389. The van der Waals surface area contributed by atoms with E-state index in [0.29, 0.717) is 0 Å². The first-order valence-corrected chi connectivity index (χ1v) is 4.89. The highest BCUT2D eigenvalue weighted by atomic mass is 32.1. The number of rotatable bonds is 1.